The van der Waals surface area contributed by atoms with Gasteiger partial charge in [0.1, 0.15) is 5.75 Å². The largest absolute Gasteiger partial charge is 0.508 e. The van der Waals surface area contributed by atoms with E-state index in [1.165, 1.54) is 24.3 Å². The molecular formula is C10H16O5. The average molecular weight is 216 g/mol. The number of phenols is 1. The Morgan fingerprint density at radius 3 is 2.27 bits per heavy atom. The molecule has 0 spiro atoms. The monoisotopic (exact) mass is 216 g/mol. The first kappa shape index (κ1) is 15.9. The van der Waals surface area contributed by atoms with Crippen molar-refractivity contribution >= 4 is 5.97 Å². The van der Waals surface area contributed by atoms with Gasteiger partial charge >= 0.3 is 5.97 Å². The topological polar surface area (TPSA) is 110 Å². The summed E-state index contributed by atoms with van der Waals surface area (Å²) >= 11 is 0. The van der Waals surface area contributed by atoms with Gasteiger partial charge in [-0.1, -0.05) is 6.92 Å². The third-order valence-electron chi connectivity index (χ3n) is 1.54. The number of carbonyl (C=O) groups is 1. The van der Waals surface area contributed by atoms with Crippen LogP contribution in [-0.2, 0) is 4.74 Å². The van der Waals surface area contributed by atoms with E-state index in [0.717, 1.165) is 6.42 Å². The Bertz CT molecular complexity index is 280. The van der Waals surface area contributed by atoms with Crippen molar-refractivity contribution in [2.45, 2.75) is 13.3 Å². The fourth-order valence-corrected chi connectivity index (χ4v) is 0.876. The van der Waals surface area contributed by atoms with Crippen LogP contribution in [-0.4, -0.2) is 28.6 Å². The smallest absolute Gasteiger partial charge is 0.338 e. The molecule has 0 bridgehead atoms. The van der Waals surface area contributed by atoms with Gasteiger partial charge in [0, 0.05) is 0 Å². The van der Waals surface area contributed by atoms with Gasteiger partial charge in [0.15, 0.2) is 0 Å². The fraction of sp³-hybridized carbons (Fsp3) is 0.300. The van der Waals surface area contributed by atoms with Crippen molar-refractivity contribution in [3.8, 4) is 5.75 Å². The summed E-state index contributed by atoms with van der Waals surface area (Å²) in [5, 5.41) is 8.96. The Hall–Kier alpha value is -1.59. The Balaban J connectivity index is 0. The summed E-state index contributed by atoms with van der Waals surface area (Å²) in [6, 6.07) is 5.99. The minimum absolute atomic E-state index is 0. The molecule has 0 unspecified atom stereocenters. The van der Waals surface area contributed by atoms with E-state index in [1.54, 1.807) is 0 Å². The Kier molecular flexibility index (Phi) is 8.23. The molecule has 0 fully saturated rings. The Morgan fingerprint density at radius 2 is 1.80 bits per heavy atom. The molecule has 0 atom stereocenters. The van der Waals surface area contributed by atoms with Gasteiger partial charge in [0.25, 0.3) is 0 Å². The maximum absolute atomic E-state index is 11.2. The standard InChI is InChI=1S/C10H12O3.2H2O/c1-2-7-13-10(12)8-3-5-9(11)6-4-8;;/h3-6,11H,2,7H2,1H3;2*1H2. The van der Waals surface area contributed by atoms with Gasteiger partial charge < -0.3 is 20.8 Å². The van der Waals surface area contributed by atoms with E-state index in [4.69, 9.17) is 9.84 Å². The fourth-order valence-electron chi connectivity index (χ4n) is 0.876. The SMILES string of the molecule is CCCOC(=O)c1ccc(O)cc1.O.O. The highest BCUT2D eigenvalue weighted by molar-refractivity contribution is 5.89. The summed E-state index contributed by atoms with van der Waals surface area (Å²) in [4.78, 5) is 11.2. The van der Waals surface area contributed by atoms with Crippen molar-refractivity contribution in [2.75, 3.05) is 6.61 Å². The number of hydrogen-bond donors (Lipinski definition) is 1. The van der Waals surface area contributed by atoms with Crippen LogP contribution in [0.3, 0.4) is 0 Å². The summed E-state index contributed by atoms with van der Waals surface area (Å²) in [6.07, 6.45) is 0.809. The summed E-state index contributed by atoms with van der Waals surface area (Å²) in [6.45, 7) is 2.36. The first-order valence-corrected chi connectivity index (χ1v) is 4.20. The number of rotatable bonds is 3. The molecular weight excluding hydrogens is 200 g/mol. The van der Waals surface area contributed by atoms with Crippen molar-refractivity contribution in [3.05, 3.63) is 29.8 Å². The molecule has 5 nitrogen and oxygen atoms in total. The second-order valence-electron chi connectivity index (χ2n) is 2.68. The van der Waals surface area contributed by atoms with E-state index in [-0.39, 0.29) is 22.7 Å². The molecule has 5 heteroatoms. The van der Waals surface area contributed by atoms with E-state index in [0.29, 0.717) is 12.2 Å². The number of carbonyl (C=O) groups excluding carboxylic acids is 1. The van der Waals surface area contributed by atoms with Crippen LogP contribution >= 0.6 is 0 Å². The zero-order valence-corrected chi connectivity index (χ0v) is 8.49. The van der Waals surface area contributed by atoms with Gasteiger partial charge in [-0.05, 0) is 30.7 Å². The van der Waals surface area contributed by atoms with E-state index in [2.05, 4.69) is 0 Å². The molecule has 1 rings (SSSR count). The highest BCUT2D eigenvalue weighted by Gasteiger charge is 2.05. The van der Waals surface area contributed by atoms with Gasteiger partial charge in [-0.3, -0.25) is 0 Å². The highest BCUT2D eigenvalue weighted by Crippen LogP contribution is 2.10. The molecule has 0 heterocycles. The van der Waals surface area contributed by atoms with Crippen LogP contribution in [0, 0.1) is 0 Å². The molecule has 0 aliphatic heterocycles. The maximum Gasteiger partial charge on any atom is 0.338 e. The molecule has 86 valence electrons. The zero-order valence-electron chi connectivity index (χ0n) is 8.49. The normalized spacial score (nSPS) is 8.33. The summed E-state index contributed by atoms with van der Waals surface area (Å²) in [5.41, 5.74) is 0.464. The zero-order chi connectivity index (χ0) is 9.68. The maximum atomic E-state index is 11.2. The van der Waals surface area contributed by atoms with Gasteiger partial charge in [-0.15, -0.1) is 0 Å². The number of aromatic hydroxyl groups is 1. The highest BCUT2D eigenvalue weighted by atomic mass is 16.5. The molecule has 0 saturated carbocycles. The lowest BCUT2D eigenvalue weighted by atomic mass is 10.2. The minimum atomic E-state index is -0.346. The second-order valence-corrected chi connectivity index (χ2v) is 2.68. The number of benzene rings is 1. The van der Waals surface area contributed by atoms with Crippen LogP contribution in [0.5, 0.6) is 5.75 Å². The van der Waals surface area contributed by atoms with Crippen molar-refractivity contribution in [2.24, 2.45) is 0 Å². The van der Waals surface area contributed by atoms with Gasteiger partial charge in [0.2, 0.25) is 0 Å². The van der Waals surface area contributed by atoms with E-state index in [1.807, 2.05) is 6.92 Å². The third kappa shape index (κ3) is 4.99. The minimum Gasteiger partial charge on any atom is -0.508 e. The second kappa shape index (κ2) is 7.78. The van der Waals surface area contributed by atoms with Crippen molar-refractivity contribution < 1.29 is 25.6 Å². The Morgan fingerprint density at radius 1 is 1.27 bits per heavy atom. The molecule has 5 N–H and O–H groups in total. The third-order valence-corrected chi connectivity index (χ3v) is 1.54. The Labute approximate surface area is 87.9 Å². The van der Waals surface area contributed by atoms with E-state index >= 15 is 0 Å². The van der Waals surface area contributed by atoms with Crippen LogP contribution in [0.4, 0.5) is 0 Å². The van der Waals surface area contributed by atoms with Crippen LogP contribution < -0.4 is 0 Å². The molecule has 1 aromatic rings. The number of hydrogen-bond acceptors (Lipinski definition) is 3. The molecule has 0 aliphatic carbocycles. The lowest BCUT2D eigenvalue weighted by Gasteiger charge is -2.02. The van der Waals surface area contributed by atoms with Crippen LogP contribution in [0.1, 0.15) is 23.7 Å². The van der Waals surface area contributed by atoms with Gasteiger partial charge in [-0.2, -0.15) is 0 Å². The van der Waals surface area contributed by atoms with Gasteiger partial charge in [-0.25, -0.2) is 4.79 Å². The summed E-state index contributed by atoms with van der Waals surface area (Å²) in [7, 11) is 0. The first-order valence-electron chi connectivity index (χ1n) is 4.20. The first-order chi connectivity index (χ1) is 6.24. The number of phenolic OH excluding ortho intramolecular Hbond substituents is 1. The summed E-state index contributed by atoms with van der Waals surface area (Å²) in [5.74, 6) is -0.200. The van der Waals surface area contributed by atoms with Crippen LogP contribution in [0.2, 0.25) is 0 Å². The van der Waals surface area contributed by atoms with Crippen molar-refractivity contribution in [1.82, 2.24) is 0 Å². The number of ether oxygens (including phenoxy) is 1. The van der Waals surface area contributed by atoms with Gasteiger partial charge in [0.05, 0.1) is 12.2 Å². The molecule has 0 saturated heterocycles. The lowest BCUT2D eigenvalue weighted by molar-refractivity contribution is 0.0505. The van der Waals surface area contributed by atoms with Crippen LogP contribution in [0.25, 0.3) is 0 Å². The van der Waals surface area contributed by atoms with E-state index in [9.17, 15) is 4.79 Å². The van der Waals surface area contributed by atoms with Crippen molar-refractivity contribution in [1.29, 1.82) is 0 Å². The van der Waals surface area contributed by atoms with Crippen LogP contribution in [0.15, 0.2) is 24.3 Å². The summed E-state index contributed by atoms with van der Waals surface area (Å²) < 4.78 is 4.90. The molecule has 0 amide bonds. The number of esters is 1. The average Bonchev–Trinajstić information content (AvgIpc) is 2.15. The molecule has 0 aliphatic rings. The molecule has 0 aromatic heterocycles. The predicted molar refractivity (Wildman–Crippen MR) is 55.9 cm³/mol. The lowest BCUT2D eigenvalue weighted by Crippen LogP contribution is -2.05. The predicted octanol–water partition coefficient (Wildman–Crippen LogP) is 0.310. The molecule has 15 heavy (non-hydrogen) atoms. The van der Waals surface area contributed by atoms with Crippen molar-refractivity contribution in [3.63, 3.8) is 0 Å². The quantitative estimate of drug-likeness (QED) is 0.734. The molecule has 1 aromatic carbocycles. The molecule has 0 radical (unpaired) electrons. The van der Waals surface area contributed by atoms with E-state index < -0.39 is 0 Å².